The standard InChI is InChI=1S/C15H23ClN2O/c1-5-12-17-13(16)10(2)14(18-12)19-11-6-8-15(3,4)9-7-11/h11H,5-9H2,1-4H3. The van der Waals surface area contributed by atoms with Crippen LogP contribution in [-0.2, 0) is 6.42 Å². The van der Waals surface area contributed by atoms with Crippen molar-refractivity contribution < 1.29 is 4.74 Å². The molecule has 0 saturated heterocycles. The minimum Gasteiger partial charge on any atom is -0.474 e. The van der Waals surface area contributed by atoms with Gasteiger partial charge in [-0.15, -0.1) is 0 Å². The Kier molecular flexibility index (Phi) is 4.34. The van der Waals surface area contributed by atoms with Crippen molar-refractivity contribution in [3.05, 3.63) is 16.5 Å². The average molecular weight is 283 g/mol. The first-order valence-corrected chi connectivity index (χ1v) is 7.49. The second-order valence-electron chi connectivity index (χ2n) is 6.20. The molecule has 2 rings (SSSR count). The second-order valence-corrected chi connectivity index (χ2v) is 6.55. The van der Waals surface area contributed by atoms with Gasteiger partial charge >= 0.3 is 0 Å². The van der Waals surface area contributed by atoms with Gasteiger partial charge in [-0.1, -0.05) is 32.4 Å². The van der Waals surface area contributed by atoms with Crippen LogP contribution < -0.4 is 4.74 Å². The van der Waals surface area contributed by atoms with E-state index < -0.39 is 0 Å². The van der Waals surface area contributed by atoms with Crippen LogP contribution in [0.25, 0.3) is 0 Å². The number of hydrogen-bond donors (Lipinski definition) is 0. The fourth-order valence-corrected chi connectivity index (χ4v) is 2.61. The molecule has 0 unspecified atom stereocenters. The number of halogens is 1. The summed E-state index contributed by atoms with van der Waals surface area (Å²) in [5.41, 5.74) is 1.30. The van der Waals surface area contributed by atoms with Crippen molar-refractivity contribution in [3.63, 3.8) is 0 Å². The lowest BCUT2D eigenvalue weighted by atomic mass is 9.76. The van der Waals surface area contributed by atoms with Crippen LogP contribution in [-0.4, -0.2) is 16.1 Å². The van der Waals surface area contributed by atoms with Gasteiger partial charge in [-0.25, -0.2) is 4.98 Å². The summed E-state index contributed by atoms with van der Waals surface area (Å²) in [6, 6.07) is 0. The third-order valence-corrected chi connectivity index (χ3v) is 4.34. The molecular formula is C15H23ClN2O. The lowest BCUT2D eigenvalue weighted by Gasteiger charge is -2.34. The molecule has 106 valence electrons. The fraction of sp³-hybridized carbons (Fsp3) is 0.733. The van der Waals surface area contributed by atoms with Crippen LogP contribution >= 0.6 is 11.6 Å². The topological polar surface area (TPSA) is 35.0 Å². The first-order valence-electron chi connectivity index (χ1n) is 7.11. The zero-order chi connectivity index (χ0) is 14.0. The molecule has 1 aliphatic rings. The van der Waals surface area contributed by atoms with Crippen LogP contribution in [0.4, 0.5) is 0 Å². The summed E-state index contributed by atoms with van der Waals surface area (Å²) in [5, 5.41) is 0.512. The molecule has 1 aromatic heterocycles. The maximum atomic E-state index is 6.13. The van der Waals surface area contributed by atoms with E-state index in [1.165, 1.54) is 12.8 Å². The van der Waals surface area contributed by atoms with Gasteiger partial charge in [-0.2, -0.15) is 4.98 Å². The van der Waals surface area contributed by atoms with Crippen LogP contribution in [0.3, 0.4) is 0 Å². The molecule has 0 aliphatic heterocycles. The number of ether oxygens (including phenoxy) is 1. The summed E-state index contributed by atoms with van der Waals surface area (Å²) < 4.78 is 6.07. The molecule has 0 aromatic carbocycles. The Morgan fingerprint density at radius 3 is 2.47 bits per heavy atom. The van der Waals surface area contributed by atoms with Gasteiger partial charge in [0.05, 0.1) is 0 Å². The van der Waals surface area contributed by atoms with Crippen LogP contribution in [0.1, 0.15) is 57.8 Å². The van der Waals surface area contributed by atoms with Gasteiger partial charge in [0.2, 0.25) is 5.88 Å². The molecular weight excluding hydrogens is 260 g/mol. The molecule has 0 radical (unpaired) electrons. The number of rotatable bonds is 3. The smallest absolute Gasteiger partial charge is 0.221 e. The van der Waals surface area contributed by atoms with E-state index in [2.05, 4.69) is 23.8 Å². The van der Waals surface area contributed by atoms with Crippen LogP contribution in [0.2, 0.25) is 5.15 Å². The largest absolute Gasteiger partial charge is 0.474 e. The van der Waals surface area contributed by atoms with Gasteiger partial charge in [-0.05, 0) is 38.0 Å². The summed E-state index contributed by atoms with van der Waals surface area (Å²) >= 11 is 6.13. The van der Waals surface area contributed by atoms with E-state index in [1.807, 2.05) is 13.8 Å². The lowest BCUT2D eigenvalue weighted by molar-refractivity contribution is 0.0939. The van der Waals surface area contributed by atoms with Gasteiger partial charge in [0.25, 0.3) is 0 Å². The van der Waals surface area contributed by atoms with Crippen molar-refractivity contribution in [2.75, 3.05) is 0 Å². The van der Waals surface area contributed by atoms with E-state index >= 15 is 0 Å². The Hall–Kier alpha value is -0.830. The van der Waals surface area contributed by atoms with E-state index in [0.29, 0.717) is 16.4 Å². The van der Waals surface area contributed by atoms with Crippen molar-refractivity contribution in [3.8, 4) is 5.88 Å². The predicted molar refractivity (Wildman–Crippen MR) is 77.8 cm³/mol. The van der Waals surface area contributed by atoms with E-state index in [9.17, 15) is 0 Å². The number of aromatic nitrogens is 2. The highest BCUT2D eigenvalue weighted by atomic mass is 35.5. The van der Waals surface area contributed by atoms with E-state index in [1.54, 1.807) is 0 Å². The minimum absolute atomic E-state index is 0.266. The van der Waals surface area contributed by atoms with Crippen LogP contribution in [0.15, 0.2) is 0 Å². The van der Waals surface area contributed by atoms with Crippen LogP contribution in [0.5, 0.6) is 5.88 Å². The molecule has 19 heavy (non-hydrogen) atoms. The Morgan fingerprint density at radius 1 is 1.26 bits per heavy atom. The molecule has 0 spiro atoms. The lowest BCUT2D eigenvalue weighted by Crippen LogP contribution is -2.29. The Morgan fingerprint density at radius 2 is 1.89 bits per heavy atom. The molecule has 1 heterocycles. The Bertz CT molecular complexity index is 450. The van der Waals surface area contributed by atoms with Crippen molar-refractivity contribution in [2.24, 2.45) is 5.41 Å². The summed E-state index contributed by atoms with van der Waals surface area (Å²) in [7, 11) is 0. The quantitative estimate of drug-likeness (QED) is 0.773. The van der Waals surface area contributed by atoms with Crippen LogP contribution in [0, 0.1) is 12.3 Å². The molecule has 0 N–H and O–H groups in total. The van der Waals surface area contributed by atoms with E-state index in [-0.39, 0.29) is 6.10 Å². The number of aryl methyl sites for hydroxylation is 1. The average Bonchev–Trinajstić information content (AvgIpc) is 2.37. The summed E-state index contributed by atoms with van der Waals surface area (Å²) in [6.07, 6.45) is 5.63. The molecule has 1 saturated carbocycles. The molecule has 0 bridgehead atoms. The third kappa shape index (κ3) is 3.59. The molecule has 3 nitrogen and oxygen atoms in total. The summed E-state index contributed by atoms with van der Waals surface area (Å²) in [4.78, 5) is 8.71. The highest BCUT2D eigenvalue weighted by Crippen LogP contribution is 2.37. The van der Waals surface area contributed by atoms with Gasteiger partial charge in [0.15, 0.2) is 0 Å². The normalized spacial score (nSPS) is 19.4. The fourth-order valence-electron chi connectivity index (χ4n) is 2.43. The van der Waals surface area contributed by atoms with E-state index in [0.717, 1.165) is 30.7 Å². The van der Waals surface area contributed by atoms with Crippen molar-refractivity contribution >= 4 is 11.6 Å². The summed E-state index contributed by atoms with van der Waals surface area (Å²) in [5.74, 6) is 1.42. The monoisotopic (exact) mass is 282 g/mol. The number of hydrogen-bond acceptors (Lipinski definition) is 3. The van der Waals surface area contributed by atoms with Crippen molar-refractivity contribution in [1.82, 2.24) is 9.97 Å². The molecule has 4 heteroatoms. The highest BCUT2D eigenvalue weighted by molar-refractivity contribution is 6.30. The minimum atomic E-state index is 0.266. The Labute approximate surface area is 120 Å². The third-order valence-electron chi connectivity index (χ3n) is 3.97. The molecule has 1 aromatic rings. The van der Waals surface area contributed by atoms with Gasteiger partial charge in [0.1, 0.15) is 17.1 Å². The number of nitrogens with zero attached hydrogens (tertiary/aromatic N) is 2. The van der Waals surface area contributed by atoms with Gasteiger partial charge < -0.3 is 4.74 Å². The van der Waals surface area contributed by atoms with Crippen molar-refractivity contribution in [1.29, 1.82) is 0 Å². The molecule has 1 aliphatic carbocycles. The van der Waals surface area contributed by atoms with E-state index in [4.69, 9.17) is 16.3 Å². The predicted octanol–water partition coefficient (Wildman–Crippen LogP) is 4.35. The van der Waals surface area contributed by atoms with Gasteiger partial charge in [0, 0.05) is 12.0 Å². The first kappa shape index (κ1) is 14.6. The first-order chi connectivity index (χ1) is 8.91. The molecule has 0 amide bonds. The SMILES string of the molecule is CCc1nc(Cl)c(C)c(OC2CCC(C)(C)CC2)n1. The molecule has 1 fully saturated rings. The maximum Gasteiger partial charge on any atom is 0.221 e. The second kappa shape index (κ2) is 5.66. The zero-order valence-electron chi connectivity index (χ0n) is 12.3. The van der Waals surface area contributed by atoms with Gasteiger partial charge in [-0.3, -0.25) is 0 Å². The Balaban J connectivity index is 2.09. The maximum absolute atomic E-state index is 6.13. The molecule has 0 atom stereocenters. The summed E-state index contributed by atoms with van der Waals surface area (Å²) in [6.45, 7) is 8.59. The van der Waals surface area contributed by atoms with Crippen molar-refractivity contribution in [2.45, 2.75) is 65.9 Å². The highest BCUT2D eigenvalue weighted by Gasteiger charge is 2.28. The zero-order valence-corrected chi connectivity index (χ0v) is 13.0.